The van der Waals surface area contributed by atoms with E-state index in [1.165, 1.54) is 12.1 Å². The molecule has 2 fully saturated rings. The van der Waals surface area contributed by atoms with Gasteiger partial charge in [-0.05, 0) is 55.9 Å². The van der Waals surface area contributed by atoms with Crippen LogP contribution in [0.15, 0.2) is 33.7 Å². The molecule has 4 aliphatic rings. The predicted molar refractivity (Wildman–Crippen MR) is 123 cm³/mol. The fraction of sp³-hybridized carbons (Fsp3) is 0.375. The molecule has 1 spiro atoms. The second-order valence-electron chi connectivity index (χ2n) is 9.17. The molecule has 1 saturated carbocycles. The van der Waals surface area contributed by atoms with E-state index in [0.29, 0.717) is 59.3 Å². The van der Waals surface area contributed by atoms with Gasteiger partial charge in [0.1, 0.15) is 17.2 Å². The lowest BCUT2D eigenvalue weighted by atomic mass is 9.87. The van der Waals surface area contributed by atoms with Crippen LogP contribution in [0.4, 0.5) is 18.9 Å². The molecule has 3 heterocycles. The highest BCUT2D eigenvalue weighted by Crippen LogP contribution is 2.53. The van der Waals surface area contributed by atoms with E-state index in [4.69, 9.17) is 9.73 Å². The highest BCUT2D eigenvalue weighted by Gasteiger charge is 2.50. The number of piperidine rings is 1. The molecule has 1 saturated heterocycles. The maximum Gasteiger partial charge on any atom is 0.586 e. The van der Waals surface area contributed by atoms with Crippen molar-refractivity contribution in [2.24, 2.45) is 4.99 Å². The molecule has 0 bridgehead atoms. The molecule has 1 N–H and O–H groups in total. The number of nitrogens with zero attached hydrogens (tertiary/aromatic N) is 2. The highest BCUT2D eigenvalue weighted by molar-refractivity contribution is 9.10. The van der Waals surface area contributed by atoms with Crippen LogP contribution in [-0.4, -0.2) is 43.0 Å². The summed E-state index contributed by atoms with van der Waals surface area (Å²) in [4.78, 5) is 31.2. The van der Waals surface area contributed by atoms with Gasteiger partial charge in [-0.2, -0.15) is 0 Å². The molecule has 2 aromatic carbocycles. The second-order valence-corrected chi connectivity index (χ2v) is 10.1. The predicted octanol–water partition coefficient (Wildman–Crippen LogP) is 4.52. The monoisotopic (exact) mass is 549 g/mol. The molecule has 6 rings (SSSR count). The second kappa shape index (κ2) is 7.71. The fourth-order valence-electron chi connectivity index (χ4n) is 5.07. The third kappa shape index (κ3) is 3.67. The Labute approximate surface area is 206 Å². The van der Waals surface area contributed by atoms with Crippen molar-refractivity contribution < 1.29 is 32.2 Å². The third-order valence-corrected chi connectivity index (χ3v) is 7.41. The summed E-state index contributed by atoms with van der Waals surface area (Å²) in [6.45, 7) is 0.757. The number of anilines is 1. The number of alkyl halides is 2. The van der Waals surface area contributed by atoms with Gasteiger partial charge in [0.05, 0.1) is 11.3 Å². The molecule has 7 nitrogen and oxygen atoms in total. The first-order valence-electron chi connectivity index (χ1n) is 11.2. The molecule has 0 radical (unpaired) electrons. The molecule has 0 atom stereocenters. The molecular weight excluding hydrogens is 531 g/mol. The average molecular weight is 550 g/mol. The van der Waals surface area contributed by atoms with E-state index < -0.39 is 17.7 Å². The number of fused-ring (bicyclic) bond motifs is 1. The van der Waals surface area contributed by atoms with E-state index in [1.54, 1.807) is 12.1 Å². The Kier molecular flexibility index (Phi) is 4.93. The van der Waals surface area contributed by atoms with Crippen molar-refractivity contribution >= 4 is 39.6 Å². The summed E-state index contributed by atoms with van der Waals surface area (Å²) in [6.07, 6.45) is -0.912. The van der Waals surface area contributed by atoms with Gasteiger partial charge >= 0.3 is 6.29 Å². The average Bonchev–Trinajstić information content (AvgIpc) is 3.52. The van der Waals surface area contributed by atoms with E-state index in [1.807, 2.05) is 4.90 Å². The maximum atomic E-state index is 14.3. The van der Waals surface area contributed by atoms with E-state index in [0.717, 1.165) is 12.8 Å². The number of aldehydes is 1. The van der Waals surface area contributed by atoms with Crippen LogP contribution in [0.25, 0.3) is 0 Å². The number of hydrogen-bond acceptors (Lipinski definition) is 6. The smallest absolute Gasteiger partial charge is 0.395 e. The van der Waals surface area contributed by atoms with Gasteiger partial charge in [0.15, 0.2) is 17.8 Å². The number of benzene rings is 2. The van der Waals surface area contributed by atoms with E-state index in [9.17, 15) is 22.8 Å². The Morgan fingerprint density at radius 1 is 1.17 bits per heavy atom. The Morgan fingerprint density at radius 3 is 2.60 bits per heavy atom. The minimum Gasteiger partial charge on any atom is -0.395 e. The summed E-state index contributed by atoms with van der Waals surface area (Å²) < 4.78 is 51.7. The molecule has 182 valence electrons. The minimum absolute atomic E-state index is 0.000733. The number of hydrogen-bond donors (Lipinski definition) is 1. The SMILES string of the molecule is O=Cc1c(F)cc(Br)cc1N1CCC2(CC1)N=C(c1ccc3c(c1C1CC1)OC(F)(F)O3)NC2=O. The largest absolute Gasteiger partial charge is 0.586 e. The van der Waals surface area contributed by atoms with Gasteiger partial charge in [-0.15, -0.1) is 8.78 Å². The molecule has 0 aromatic heterocycles. The van der Waals surface area contributed by atoms with Gasteiger partial charge in [0.2, 0.25) is 0 Å². The van der Waals surface area contributed by atoms with Gasteiger partial charge in [-0.3, -0.25) is 14.6 Å². The van der Waals surface area contributed by atoms with E-state index in [2.05, 4.69) is 26.0 Å². The molecule has 0 unspecified atom stereocenters. The number of nitrogens with one attached hydrogen (secondary N) is 1. The first-order chi connectivity index (χ1) is 16.7. The lowest BCUT2D eigenvalue weighted by molar-refractivity contribution is -0.286. The lowest BCUT2D eigenvalue weighted by Gasteiger charge is -2.37. The molecule has 1 amide bonds. The van der Waals surface area contributed by atoms with E-state index >= 15 is 0 Å². The molecule has 1 aliphatic carbocycles. The van der Waals surface area contributed by atoms with Gasteiger partial charge in [-0.1, -0.05) is 15.9 Å². The zero-order valence-corrected chi connectivity index (χ0v) is 19.8. The number of ether oxygens (including phenoxy) is 2. The van der Waals surface area contributed by atoms with Gasteiger partial charge in [0.25, 0.3) is 5.91 Å². The van der Waals surface area contributed by atoms with Crippen LogP contribution in [0.5, 0.6) is 11.5 Å². The number of amides is 1. The first-order valence-corrected chi connectivity index (χ1v) is 12.0. The minimum atomic E-state index is -3.73. The van der Waals surface area contributed by atoms with Crippen molar-refractivity contribution in [1.29, 1.82) is 0 Å². The summed E-state index contributed by atoms with van der Waals surface area (Å²) >= 11 is 3.26. The number of carbonyl (C=O) groups is 2. The normalized spacial score (nSPS) is 21.8. The van der Waals surface area contributed by atoms with Gasteiger partial charge < -0.3 is 19.7 Å². The standard InChI is InChI=1S/C24H19BrF3N3O4/c25-13-9-16(26)15(11-32)17(10-13)31-7-5-23(6-8-31)22(33)29-21(30-23)14-3-4-18-20(19(14)12-1-2-12)35-24(27,28)34-18/h3-4,9-12H,1-2,5-8H2,(H,29,30,33). The van der Waals surface area contributed by atoms with Crippen molar-refractivity contribution in [2.45, 2.75) is 43.4 Å². The number of amidine groups is 1. The number of rotatable bonds is 4. The number of carbonyl (C=O) groups excluding carboxylic acids is 2. The van der Waals surface area contributed by atoms with Crippen molar-refractivity contribution in [3.63, 3.8) is 0 Å². The van der Waals surface area contributed by atoms with Gasteiger partial charge in [0, 0.05) is 28.7 Å². The Balaban J connectivity index is 1.30. The van der Waals surface area contributed by atoms with Crippen LogP contribution < -0.4 is 19.7 Å². The van der Waals surface area contributed by atoms with Crippen LogP contribution in [0.3, 0.4) is 0 Å². The summed E-state index contributed by atoms with van der Waals surface area (Å²) in [7, 11) is 0. The van der Waals surface area contributed by atoms with E-state index in [-0.39, 0.29) is 28.9 Å². The summed E-state index contributed by atoms with van der Waals surface area (Å²) in [5.41, 5.74) is 0.525. The summed E-state index contributed by atoms with van der Waals surface area (Å²) in [5.74, 6) is -0.559. The molecular formula is C24H19BrF3N3O4. The third-order valence-electron chi connectivity index (χ3n) is 6.95. The Bertz CT molecular complexity index is 1300. The zero-order chi connectivity index (χ0) is 24.5. The Morgan fingerprint density at radius 2 is 1.91 bits per heavy atom. The van der Waals surface area contributed by atoms with Crippen LogP contribution in [0.2, 0.25) is 0 Å². The van der Waals surface area contributed by atoms with Crippen LogP contribution >= 0.6 is 15.9 Å². The summed E-state index contributed by atoms with van der Waals surface area (Å²) in [6, 6.07) is 5.95. The highest BCUT2D eigenvalue weighted by atomic mass is 79.9. The maximum absolute atomic E-state index is 14.3. The molecule has 11 heteroatoms. The lowest BCUT2D eigenvalue weighted by Crippen LogP contribution is -2.49. The van der Waals surface area contributed by atoms with Crippen molar-refractivity contribution in [3.05, 3.63) is 51.2 Å². The van der Waals surface area contributed by atoms with Crippen molar-refractivity contribution in [2.75, 3.05) is 18.0 Å². The van der Waals surface area contributed by atoms with Crippen LogP contribution in [0.1, 0.15) is 53.1 Å². The Hall–Kier alpha value is -3.08. The van der Waals surface area contributed by atoms with Gasteiger partial charge in [-0.25, -0.2) is 4.39 Å². The molecule has 3 aliphatic heterocycles. The zero-order valence-electron chi connectivity index (χ0n) is 18.2. The van der Waals surface area contributed by atoms with Crippen LogP contribution in [0, 0.1) is 5.82 Å². The topological polar surface area (TPSA) is 80.2 Å². The first kappa shape index (κ1) is 22.4. The molecule has 2 aromatic rings. The quantitative estimate of drug-likeness (QED) is 0.567. The van der Waals surface area contributed by atoms with Crippen LogP contribution in [-0.2, 0) is 4.79 Å². The fourth-order valence-corrected chi connectivity index (χ4v) is 5.48. The number of aliphatic imine (C=N–C) groups is 1. The number of halogens is 4. The van der Waals surface area contributed by atoms with Crippen molar-refractivity contribution in [3.8, 4) is 11.5 Å². The summed E-state index contributed by atoms with van der Waals surface area (Å²) in [5, 5.41) is 2.85. The van der Waals surface area contributed by atoms with Crippen molar-refractivity contribution in [1.82, 2.24) is 5.32 Å². The molecule has 35 heavy (non-hydrogen) atoms.